The molecule has 55 heavy (non-hydrogen) atoms. The minimum atomic E-state index is -1.25. The van der Waals surface area contributed by atoms with Gasteiger partial charge in [-0.05, 0) is 47.1 Å². The molecule has 296 valence electrons. The summed E-state index contributed by atoms with van der Waals surface area (Å²) in [5.74, 6) is -1.54. The smallest absolute Gasteiger partial charge is 0.408 e. The number of nitrogens with zero attached hydrogens (tertiary/aromatic N) is 1. The van der Waals surface area contributed by atoms with Crippen molar-refractivity contribution in [3.05, 3.63) is 100 Å². The van der Waals surface area contributed by atoms with Crippen LogP contribution >= 0.6 is 11.3 Å². The van der Waals surface area contributed by atoms with Crippen LogP contribution in [0.4, 0.5) is 4.79 Å². The van der Waals surface area contributed by atoms with Crippen LogP contribution in [0, 0.1) is 18.8 Å². The van der Waals surface area contributed by atoms with Crippen molar-refractivity contribution in [2.45, 2.75) is 104 Å². The van der Waals surface area contributed by atoms with Crippen molar-refractivity contribution in [3.8, 4) is 0 Å². The normalized spacial score (nSPS) is 14.6. The van der Waals surface area contributed by atoms with Gasteiger partial charge in [0.2, 0.25) is 17.7 Å². The average Bonchev–Trinajstić information content (AvgIpc) is 3.58. The van der Waals surface area contributed by atoms with Crippen LogP contribution in [0.2, 0.25) is 0 Å². The molecule has 4 aromatic rings. The van der Waals surface area contributed by atoms with Crippen LogP contribution in [-0.2, 0) is 38.6 Å². The number of aromatic nitrogens is 1. The highest BCUT2D eigenvalue weighted by Gasteiger charge is 2.32. The minimum absolute atomic E-state index is 0.000834. The Morgan fingerprint density at radius 1 is 0.818 bits per heavy atom. The minimum Gasteiger partial charge on any atom is -0.445 e. The largest absolute Gasteiger partial charge is 0.445 e. The number of nitrogens with one attached hydrogen (secondary N) is 4. The first-order valence-corrected chi connectivity index (χ1v) is 19.8. The van der Waals surface area contributed by atoms with E-state index >= 15 is 0 Å². The van der Waals surface area contributed by atoms with E-state index in [-0.39, 0.29) is 44.3 Å². The third kappa shape index (κ3) is 13.2. The average molecular weight is 774 g/mol. The molecule has 3 unspecified atom stereocenters. The van der Waals surface area contributed by atoms with Gasteiger partial charge in [-0.3, -0.25) is 14.4 Å². The van der Waals surface area contributed by atoms with Crippen molar-refractivity contribution in [3.63, 3.8) is 0 Å². The summed E-state index contributed by atoms with van der Waals surface area (Å²) in [4.78, 5) is 59.7. The van der Waals surface area contributed by atoms with Gasteiger partial charge in [-0.1, -0.05) is 107 Å². The molecule has 4 rings (SSSR count). The zero-order valence-electron chi connectivity index (χ0n) is 32.3. The fourth-order valence-corrected chi connectivity index (χ4v) is 7.17. The number of amides is 4. The van der Waals surface area contributed by atoms with E-state index in [0.717, 1.165) is 33.2 Å². The van der Waals surface area contributed by atoms with E-state index in [0.29, 0.717) is 12.1 Å². The number of thiazole rings is 1. The van der Waals surface area contributed by atoms with Crippen LogP contribution in [-0.4, -0.2) is 75.9 Å². The second-order valence-electron chi connectivity index (χ2n) is 14.5. The molecule has 12 nitrogen and oxygen atoms in total. The number of aliphatic hydroxyl groups excluding tert-OH is 2. The molecule has 0 saturated heterocycles. The maximum atomic E-state index is 14.3. The van der Waals surface area contributed by atoms with Crippen molar-refractivity contribution < 1.29 is 34.1 Å². The number of carbonyl (C=O) groups is 4. The summed E-state index contributed by atoms with van der Waals surface area (Å²) >= 11 is 1.35. The molecule has 0 aliphatic rings. The van der Waals surface area contributed by atoms with Gasteiger partial charge in [0.1, 0.15) is 18.7 Å². The molecular weight excluding hydrogens is 719 g/mol. The predicted octanol–water partition coefficient (Wildman–Crippen LogP) is 4.97. The van der Waals surface area contributed by atoms with Crippen LogP contribution in [0.3, 0.4) is 0 Å². The van der Waals surface area contributed by atoms with Crippen molar-refractivity contribution in [1.82, 2.24) is 26.3 Å². The zero-order chi connectivity index (χ0) is 39.9. The van der Waals surface area contributed by atoms with Gasteiger partial charge in [0.05, 0.1) is 42.4 Å². The lowest BCUT2D eigenvalue weighted by Crippen LogP contribution is -2.57. The van der Waals surface area contributed by atoms with E-state index in [4.69, 9.17) is 4.74 Å². The Morgan fingerprint density at radius 3 is 2.16 bits per heavy atom. The number of benzene rings is 3. The summed E-state index contributed by atoms with van der Waals surface area (Å²) in [5, 5.41) is 34.3. The Bertz CT molecular complexity index is 1850. The Kier molecular flexibility index (Phi) is 16.6. The van der Waals surface area contributed by atoms with Gasteiger partial charge in [-0.2, -0.15) is 0 Å². The van der Waals surface area contributed by atoms with Crippen LogP contribution in [0.5, 0.6) is 0 Å². The van der Waals surface area contributed by atoms with Crippen LogP contribution in [0.15, 0.2) is 78.3 Å². The molecule has 0 radical (unpaired) electrons. The van der Waals surface area contributed by atoms with Gasteiger partial charge in [0.25, 0.3) is 0 Å². The molecule has 0 aliphatic heterocycles. The SMILES string of the molecule is CCC(C)[C@@H](CO)NC(=O)CC(O)C(CC(C)C)NC(=O)[C@H](Cc1scnc1C)NC(=O)[C@H](Cc1cccc2ccccc12)NC(=O)OCc1ccccc1. The van der Waals surface area contributed by atoms with Gasteiger partial charge in [-0.15, -0.1) is 11.3 Å². The second-order valence-corrected chi connectivity index (χ2v) is 15.4. The molecule has 0 saturated carbocycles. The lowest BCUT2D eigenvalue weighted by molar-refractivity contribution is -0.131. The number of alkyl carbamates (subject to hydrolysis) is 1. The molecule has 0 aliphatic carbocycles. The molecule has 1 aromatic heterocycles. The maximum absolute atomic E-state index is 14.3. The van der Waals surface area contributed by atoms with Crippen LogP contribution in [0.25, 0.3) is 10.8 Å². The predicted molar refractivity (Wildman–Crippen MR) is 214 cm³/mol. The standard InChI is InChI=1S/C42H55N5O7S/c1-6-27(4)36(23-48)44-39(50)22-37(49)33(19-26(2)3)45-41(52)35(21-38-28(5)43-25-55-38)46-40(51)34(47-42(53)54-24-29-13-8-7-9-14-29)20-31-17-12-16-30-15-10-11-18-32(30)31/h7-18,25-27,33-37,48-49H,6,19-24H2,1-5H3,(H,44,50)(H,45,52)(H,46,51)(H,47,53)/t27?,33?,34-,35-,36+,37?/m0/s1. The molecule has 0 spiro atoms. The summed E-state index contributed by atoms with van der Waals surface area (Å²) in [6.45, 7) is 9.36. The van der Waals surface area contributed by atoms with Gasteiger partial charge in [0.15, 0.2) is 0 Å². The number of aryl methyl sites for hydroxylation is 1. The van der Waals surface area contributed by atoms with Crippen LogP contribution in [0.1, 0.15) is 68.7 Å². The highest BCUT2D eigenvalue weighted by atomic mass is 32.1. The summed E-state index contributed by atoms with van der Waals surface area (Å²) in [6.07, 6.45) is -1.02. The summed E-state index contributed by atoms with van der Waals surface area (Å²) < 4.78 is 5.50. The van der Waals surface area contributed by atoms with Crippen molar-refractivity contribution in [2.75, 3.05) is 6.61 Å². The van der Waals surface area contributed by atoms with Crippen molar-refractivity contribution >= 4 is 45.9 Å². The number of hydrogen-bond acceptors (Lipinski definition) is 9. The fraction of sp³-hybridized carbons (Fsp3) is 0.452. The molecule has 3 aromatic carbocycles. The number of ether oxygens (including phenoxy) is 1. The third-order valence-electron chi connectivity index (χ3n) is 9.78. The molecule has 0 bridgehead atoms. The van der Waals surface area contributed by atoms with Gasteiger partial charge < -0.3 is 36.2 Å². The first kappa shape index (κ1) is 42.9. The monoisotopic (exact) mass is 773 g/mol. The molecule has 13 heteroatoms. The Labute approximate surface area is 327 Å². The van der Waals surface area contributed by atoms with Gasteiger partial charge >= 0.3 is 6.09 Å². The van der Waals surface area contributed by atoms with E-state index in [1.807, 2.05) is 107 Å². The van der Waals surface area contributed by atoms with E-state index < -0.39 is 54.1 Å². The topological polar surface area (TPSA) is 179 Å². The fourth-order valence-electron chi connectivity index (χ4n) is 6.35. The van der Waals surface area contributed by atoms with Crippen molar-refractivity contribution in [2.24, 2.45) is 11.8 Å². The highest BCUT2D eigenvalue weighted by Crippen LogP contribution is 2.21. The summed E-state index contributed by atoms with van der Waals surface area (Å²) in [6, 6.07) is 19.1. The van der Waals surface area contributed by atoms with Crippen molar-refractivity contribution in [1.29, 1.82) is 0 Å². The number of carbonyl (C=O) groups excluding carboxylic acids is 4. The molecule has 1 heterocycles. The van der Waals surface area contributed by atoms with E-state index in [2.05, 4.69) is 26.3 Å². The summed E-state index contributed by atoms with van der Waals surface area (Å²) in [7, 11) is 0. The van der Waals surface area contributed by atoms with E-state index in [9.17, 15) is 29.4 Å². The van der Waals surface area contributed by atoms with Crippen LogP contribution < -0.4 is 21.3 Å². The maximum Gasteiger partial charge on any atom is 0.408 e. The quantitative estimate of drug-likeness (QED) is 0.0729. The zero-order valence-corrected chi connectivity index (χ0v) is 33.1. The molecule has 4 amide bonds. The Morgan fingerprint density at radius 2 is 1.49 bits per heavy atom. The second kappa shape index (κ2) is 21.3. The molecule has 6 N–H and O–H groups in total. The molecule has 0 fully saturated rings. The molecular formula is C42H55N5O7S. The lowest BCUT2D eigenvalue weighted by Gasteiger charge is -2.29. The number of aliphatic hydroxyl groups is 2. The first-order chi connectivity index (χ1) is 26.4. The first-order valence-electron chi connectivity index (χ1n) is 18.9. The number of hydrogen-bond donors (Lipinski definition) is 6. The Balaban J connectivity index is 1.57. The van der Waals surface area contributed by atoms with Gasteiger partial charge in [-0.25, -0.2) is 9.78 Å². The number of rotatable bonds is 20. The van der Waals surface area contributed by atoms with E-state index in [1.54, 1.807) is 5.51 Å². The highest BCUT2D eigenvalue weighted by molar-refractivity contribution is 7.09. The summed E-state index contributed by atoms with van der Waals surface area (Å²) in [5.41, 5.74) is 3.97. The third-order valence-corrected chi connectivity index (χ3v) is 10.7. The number of fused-ring (bicyclic) bond motifs is 1. The Hall–Kier alpha value is -4.85. The molecule has 6 atom stereocenters. The van der Waals surface area contributed by atoms with Gasteiger partial charge in [0, 0.05) is 17.7 Å². The van der Waals surface area contributed by atoms with E-state index in [1.165, 1.54) is 11.3 Å². The lowest BCUT2D eigenvalue weighted by atomic mass is 9.95.